The Morgan fingerprint density at radius 3 is 1.85 bits per heavy atom. The minimum atomic E-state index is -4.26. The van der Waals surface area contributed by atoms with Gasteiger partial charge in [-0.05, 0) is 6.92 Å². The highest BCUT2D eigenvalue weighted by molar-refractivity contribution is 5.80. The van der Waals surface area contributed by atoms with Crippen molar-refractivity contribution >= 4 is 17.9 Å². The number of esters is 2. The molecule has 0 saturated heterocycles. The highest BCUT2D eigenvalue weighted by Gasteiger charge is 2.55. The summed E-state index contributed by atoms with van der Waals surface area (Å²) in [5.74, 6) is -8.68. The van der Waals surface area contributed by atoms with Crippen molar-refractivity contribution in [1.82, 2.24) is 0 Å². The molecule has 1 N–H and O–H groups in total. The van der Waals surface area contributed by atoms with Crippen molar-refractivity contribution in [1.29, 1.82) is 0 Å². The van der Waals surface area contributed by atoms with Crippen LogP contribution in [0.3, 0.4) is 0 Å². The van der Waals surface area contributed by atoms with Gasteiger partial charge in [0.05, 0.1) is 0 Å². The number of carboxylic acid groups (broad SMARTS) is 1. The van der Waals surface area contributed by atoms with Gasteiger partial charge >= 0.3 is 23.8 Å². The van der Waals surface area contributed by atoms with E-state index in [1.165, 1.54) is 20.8 Å². The molecule has 0 aromatic rings. The van der Waals surface area contributed by atoms with Crippen LogP contribution in [0, 0.1) is 5.41 Å². The first-order chi connectivity index (χ1) is 8.80. The van der Waals surface area contributed by atoms with Gasteiger partial charge in [0.2, 0.25) is 0 Å². The Labute approximate surface area is 115 Å². The molecule has 0 rings (SSSR count). The number of hydrogen-bond acceptors (Lipinski definition) is 5. The molecule has 0 aliphatic heterocycles. The van der Waals surface area contributed by atoms with E-state index in [9.17, 15) is 23.2 Å². The molecule has 8 heteroatoms. The Morgan fingerprint density at radius 1 is 1.10 bits per heavy atom. The molecule has 0 radical (unpaired) electrons. The molecule has 0 aliphatic carbocycles. The standard InChI is InChI=1S/C12H18F2O6/c1-6(19-7(2)15)8(16)20-9(11(3,4)5)12(13,14)10(17)18/h6,9H,1-5H3,(H,17,18). The summed E-state index contributed by atoms with van der Waals surface area (Å²) in [6.45, 7) is 6.09. The van der Waals surface area contributed by atoms with Crippen molar-refractivity contribution in [2.75, 3.05) is 0 Å². The first kappa shape index (κ1) is 18.3. The first-order valence-corrected chi connectivity index (χ1v) is 5.79. The van der Waals surface area contributed by atoms with E-state index in [2.05, 4.69) is 9.47 Å². The molecule has 0 bridgehead atoms. The van der Waals surface area contributed by atoms with Gasteiger partial charge in [-0.3, -0.25) is 4.79 Å². The van der Waals surface area contributed by atoms with Crippen LogP contribution in [-0.2, 0) is 23.9 Å². The maximum atomic E-state index is 13.6. The van der Waals surface area contributed by atoms with Gasteiger partial charge in [-0.2, -0.15) is 8.78 Å². The zero-order valence-corrected chi connectivity index (χ0v) is 11.9. The summed E-state index contributed by atoms with van der Waals surface area (Å²) in [5, 5.41) is 8.55. The third-order valence-corrected chi connectivity index (χ3v) is 2.31. The third kappa shape index (κ3) is 4.75. The molecule has 0 aromatic carbocycles. The lowest BCUT2D eigenvalue weighted by Gasteiger charge is -2.34. The lowest BCUT2D eigenvalue weighted by Crippen LogP contribution is -2.52. The first-order valence-electron chi connectivity index (χ1n) is 5.79. The summed E-state index contributed by atoms with van der Waals surface area (Å²) in [6.07, 6.45) is -3.60. The number of carbonyl (C=O) groups is 3. The highest BCUT2D eigenvalue weighted by Crippen LogP contribution is 2.35. The summed E-state index contributed by atoms with van der Waals surface area (Å²) in [6, 6.07) is 0. The van der Waals surface area contributed by atoms with Crippen LogP contribution in [-0.4, -0.2) is 41.1 Å². The summed E-state index contributed by atoms with van der Waals surface area (Å²) in [4.78, 5) is 32.9. The Bertz CT molecular complexity index is 399. The number of rotatable bonds is 5. The molecule has 2 unspecified atom stereocenters. The van der Waals surface area contributed by atoms with Crippen molar-refractivity contribution in [3.05, 3.63) is 0 Å². The van der Waals surface area contributed by atoms with Crippen LogP contribution in [0.4, 0.5) is 8.78 Å². The van der Waals surface area contributed by atoms with Crippen LogP contribution in [0.15, 0.2) is 0 Å². The van der Waals surface area contributed by atoms with Crippen molar-refractivity contribution < 1.29 is 37.7 Å². The topological polar surface area (TPSA) is 89.9 Å². The maximum Gasteiger partial charge on any atom is 0.379 e. The van der Waals surface area contributed by atoms with Crippen LogP contribution in [0.1, 0.15) is 34.6 Å². The average Bonchev–Trinajstić information content (AvgIpc) is 2.22. The van der Waals surface area contributed by atoms with Crippen molar-refractivity contribution in [3.8, 4) is 0 Å². The number of aliphatic carboxylic acids is 1. The van der Waals surface area contributed by atoms with E-state index >= 15 is 0 Å². The van der Waals surface area contributed by atoms with Gasteiger partial charge in [0.25, 0.3) is 0 Å². The Balaban J connectivity index is 5.17. The van der Waals surface area contributed by atoms with E-state index in [0.717, 1.165) is 13.8 Å². The molecule has 116 valence electrons. The second-order valence-corrected chi connectivity index (χ2v) is 5.36. The number of hydrogen-bond donors (Lipinski definition) is 1. The zero-order chi connectivity index (χ0) is 16.3. The number of alkyl halides is 2. The average molecular weight is 296 g/mol. The van der Waals surface area contributed by atoms with Gasteiger partial charge in [-0.1, -0.05) is 20.8 Å². The predicted octanol–water partition coefficient (Wildman–Crippen LogP) is 1.62. The third-order valence-electron chi connectivity index (χ3n) is 2.31. The Kier molecular flexibility index (Phi) is 5.62. The molecular weight excluding hydrogens is 278 g/mol. The van der Waals surface area contributed by atoms with Gasteiger partial charge in [0.15, 0.2) is 12.2 Å². The van der Waals surface area contributed by atoms with Gasteiger partial charge in [0.1, 0.15) is 0 Å². The smallest absolute Gasteiger partial charge is 0.379 e. The number of ether oxygens (including phenoxy) is 2. The Hall–Kier alpha value is -1.73. The van der Waals surface area contributed by atoms with Gasteiger partial charge in [0, 0.05) is 12.3 Å². The SMILES string of the molecule is CC(=O)OC(C)C(=O)OC(C(C)(C)C)C(F)(F)C(=O)O. The van der Waals surface area contributed by atoms with Crippen molar-refractivity contribution in [3.63, 3.8) is 0 Å². The minimum Gasteiger partial charge on any atom is -0.477 e. The largest absolute Gasteiger partial charge is 0.477 e. The lowest BCUT2D eigenvalue weighted by atomic mass is 9.85. The van der Waals surface area contributed by atoms with E-state index in [1.807, 2.05) is 0 Å². The second-order valence-electron chi connectivity index (χ2n) is 5.36. The summed E-state index contributed by atoms with van der Waals surface area (Å²) in [7, 11) is 0. The molecule has 6 nitrogen and oxygen atoms in total. The second kappa shape index (κ2) is 6.15. The predicted molar refractivity (Wildman–Crippen MR) is 63.1 cm³/mol. The highest BCUT2D eigenvalue weighted by atomic mass is 19.3. The number of carbonyl (C=O) groups excluding carboxylic acids is 2. The van der Waals surface area contributed by atoms with Crippen LogP contribution >= 0.6 is 0 Å². The Morgan fingerprint density at radius 2 is 1.55 bits per heavy atom. The molecular formula is C12H18F2O6. The molecule has 0 saturated carbocycles. The van der Waals surface area contributed by atoms with Crippen LogP contribution in [0.2, 0.25) is 0 Å². The molecule has 0 fully saturated rings. The number of carboxylic acids is 1. The molecule has 20 heavy (non-hydrogen) atoms. The molecule has 0 heterocycles. The molecule has 0 aromatic heterocycles. The quantitative estimate of drug-likeness (QED) is 0.775. The normalized spacial score (nSPS) is 15.2. The minimum absolute atomic E-state index is 0.785. The monoisotopic (exact) mass is 296 g/mol. The van der Waals surface area contributed by atoms with E-state index < -0.39 is 41.5 Å². The molecule has 0 spiro atoms. The lowest BCUT2D eigenvalue weighted by molar-refractivity contribution is -0.212. The molecule has 0 amide bonds. The zero-order valence-electron chi connectivity index (χ0n) is 11.9. The number of halogens is 2. The van der Waals surface area contributed by atoms with E-state index in [1.54, 1.807) is 0 Å². The molecule has 0 aliphatic rings. The van der Waals surface area contributed by atoms with Crippen molar-refractivity contribution in [2.24, 2.45) is 5.41 Å². The van der Waals surface area contributed by atoms with E-state index in [0.29, 0.717) is 0 Å². The summed E-state index contributed by atoms with van der Waals surface area (Å²) in [5.41, 5.74) is -1.33. The van der Waals surface area contributed by atoms with Crippen LogP contribution in [0.5, 0.6) is 0 Å². The fraction of sp³-hybridized carbons (Fsp3) is 0.750. The van der Waals surface area contributed by atoms with Gasteiger partial charge < -0.3 is 14.6 Å². The molecule has 2 atom stereocenters. The van der Waals surface area contributed by atoms with Crippen LogP contribution in [0.25, 0.3) is 0 Å². The van der Waals surface area contributed by atoms with E-state index in [-0.39, 0.29) is 0 Å². The van der Waals surface area contributed by atoms with Crippen molar-refractivity contribution in [2.45, 2.75) is 52.7 Å². The fourth-order valence-electron chi connectivity index (χ4n) is 1.42. The summed E-state index contributed by atoms with van der Waals surface area (Å²) < 4.78 is 36.3. The maximum absolute atomic E-state index is 13.6. The van der Waals surface area contributed by atoms with Crippen LogP contribution < -0.4 is 0 Å². The van der Waals surface area contributed by atoms with Gasteiger partial charge in [-0.25, -0.2) is 9.59 Å². The summed E-state index contributed by atoms with van der Waals surface area (Å²) >= 11 is 0. The fourth-order valence-corrected chi connectivity index (χ4v) is 1.42. The van der Waals surface area contributed by atoms with Gasteiger partial charge in [-0.15, -0.1) is 0 Å². The van der Waals surface area contributed by atoms with E-state index in [4.69, 9.17) is 5.11 Å².